The van der Waals surface area contributed by atoms with Gasteiger partial charge in [-0.25, -0.2) is 13.2 Å². The Hall–Kier alpha value is -1.25. The molecule has 0 atom stereocenters. The quantitative estimate of drug-likeness (QED) is 0.706. The standard InChI is InChI=1S/C12H11F3/c1-3-6(2)10(13)9-7-4-8(5-7)11(14)12(9)15/h4H,3,5H2,1-2H3/b10-6+. The van der Waals surface area contributed by atoms with E-state index in [9.17, 15) is 13.2 Å². The Bertz CT molecular complexity index is 458. The zero-order valence-corrected chi connectivity index (χ0v) is 8.63. The lowest BCUT2D eigenvalue weighted by Crippen LogP contribution is -2.13. The summed E-state index contributed by atoms with van der Waals surface area (Å²) < 4.78 is 40.3. The minimum Gasteiger partial charge on any atom is -0.206 e. The van der Waals surface area contributed by atoms with Crippen LogP contribution in [0.4, 0.5) is 13.2 Å². The molecule has 2 aliphatic rings. The lowest BCUT2D eigenvalue weighted by molar-refractivity contribution is 0.484. The maximum atomic E-state index is 13.7. The number of benzene rings is 1. The molecule has 0 saturated heterocycles. The highest BCUT2D eigenvalue weighted by Crippen LogP contribution is 2.37. The van der Waals surface area contributed by atoms with Crippen molar-refractivity contribution in [2.75, 3.05) is 0 Å². The summed E-state index contributed by atoms with van der Waals surface area (Å²) >= 11 is 0. The molecule has 3 rings (SSSR count). The molecule has 0 radical (unpaired) electrons. The van der Waals surface area contributed by atoms with E-state index in [-0.39, 0.29) is 5.56 Å². The van der Waals surface area contributed by atoms with Crippen LogP contribution in [0.15, 0.2) is 11.6 Å². The molecule has 2 bridgehead atoms. The van der Waals surface area contributed by atoms with E-state index < -0.39 is 17.5 Å². The van der Waals surface area contributed by atoms with Crippen LogP contribution < -0.4 is 0 Å². The van der Waals surface area contributed by atoms with Crippen LogP contribution in [-0.2, 0) is 6.42 Å². The molecule has 80 valence electrons. The van der Waals surface area contributed by atoms with Crippen molar-refractivity contribution < 1.29 is 13.2 Å². The highest BCUT2D eigenvalue weighted by Gasteiger charge is 2.28. The molecule has 3 heteroatoms. The number of rotatable bonds is 2. The third-order valence-electron chi connectivity index (χ3n) is 2.87. The summed E-state index contributed by atoms with van der Waals surface area (Å²) in [6.07, 6.45) is 0.840. The Morgan fingerprint density at radius 3 is 2.40 bits per heavy atom. The largest absolute Gasteiger partial charge is 0.206 e. The minimum absolute atomic E-state index is 0.179. The molecule has 0 aromatic heterocycles. The average molecular weight is 212 g/mol. The first-order chi connectivity index (χ1) is 7.06. The van der Waals surface area contributed by atoms with E-state index in [0.717, 1.165) is 0 Å². The van der Waals surface area contributed by atoms with Crippen LogP contribution in [0.2, 0.25) is 0 Å². The predicted octanol–water partition coefficient (Wildman–Crippen LogP) is 3.98. The van der Waals surface area contributed by atoms with Gasteiger partial charge >= 0.3 is 0 Å². The van der Waals surface area contributed by atoms with E-state index in [4.69, 9.17) is 0 Å². The third-order valence-corrected chi connectivity index (χ3v) is 2.87. The molecule has 0 aliphatic heterocycles. The first kappa shape index (κ1) is 10.3. The number of halogens is 3. The average Bonchev–Trinajstić information content (AvgIpc) is 2.17. The predicted molar refractivity (Wildman–Crippen MR) is 53.2 cm³/mol. The van der Waals surface area contributed by atoms with Crippen LogP contribution in [0.25, 0.3) is 5.83 Å². The van der Waals surface area contributed by atoms with Crippen molar-refractivity contribution >= 4 is 5.83 Å². The first-order valence-corrected chi connectivity index (χ1v) is 4.91. The van der Waals surface area contributed by atoms with Gasteiger partial charge in [-0.2, -0.15) is 0 Å². The normalized spacial score (nSPS) is 14.7. The molecule has 0 spiro atoms. The zero-order chi connectivity index (χ0) is 11.2. The molecule has 0 heterocycles. The molecule has 0 nitrogen and oxygen atoms in total. The second kappa shape index (κ2) is 3.40. The van der Waals surface area contributed by atoms with Crippen molar-refractivity contribution in [3.05, 3.63) is 40.0 Å². The fourth-order valence-electron chi connectivity index (χ4n) is 1.69. The fourth-order valence-corrected chi connectivity index (χ4v) is 1.69. The topological polar surface area (TPSA) is 0 Å². The summed E-state index contributed by atoms with van der Waals surface area (Å²) in [5, 5.41) is 0. The van der Waals surface area contributed by atoms with E-state index in [1.807, 2.05) is 0 Å². The Balaban J connectivity index is 2.61. The lowest BCUT2D eigenvalue weighted by atomic mass is 9.86. The Morgan fingerprint density at radius 1 is 1.27 bits per heavy atom. The SMILES string of the molecule is CC/C(C)=C(/F)c1c2cc(c(F)c1F)C2. The van der Waals surface area contributed by atoms with Gasteiger partial charge in [-0.1, -0.05) is 13.0 Å². The summed E-state index contributed by atoms with van der Waals surface area (Å²) in [4.78, 5) is 0. The van der Waals surface area contributed by atoms with E-state index in [1.165, 1.54) is 6.07 Å². The van der Waals surface area contributed by atoms with E-state index in [0.29, 0.717) is 29.5 Å². The lowest BCUT2D eigenvalue weighted by Gasteiger charge is -2.21. The Labute approximate surface area is 86.4 Å². The summed E-state index contributed by atoms with van der Waals surface area (Å²) in [7, 11) is 0. The van der Waals surface area contributed by atoms with Crippen molar-refractivity contribution in [1.29, 1.82) is 0 Å². The molecule has 0 saturated carbocycles. The van der Waals surface area contributed by atoms with Crippen LogP contribution in [0, 0.1) is 11.6 Å². The van der Waals surface area contributed by atoms with Crippen LogP contribution in [-0.4, -0.2) is 0 Å². The molecule has 0 unspecified atom stereocenters. The molecule has 15 heavy (non-hydrogen) atoms. The minimum atomic E-state index is -1.04. The van der Waals surface area contributed by atoms with Crippen molar-refractivity contribution in [1.82, 2.24) is 0 Å². The van der Waals surface area contributed by atoms with Gasteiger partial charge in [0.05, 0.1) is 5.56 Å². The van der Waals surface area contributed by atoms with Gasteiger partial charge in [0.15, 0.2) is 11.6 Å². The van der Waals surface area contributed by atoms with Crippen molar-refractivity contribution in [2.45, 2.75) is 26.7 Å². The highest BCUT2D eigenvalue weighted by molar-refractivity contribution is 5.69. The molecule has 0 N–H and O–H groups in total. The number of hydrogen-bond acceptors (Lipinski definition) is 0. The molecular formula is C12H11F3. The summed E-state index contributed by atoms with van der Waals surface area (Å²) in [6, 6.07) is 1.51. The van der Waals surface area contributed by atoms with Crippen molar-refractivity contribution in [3.63, 3.8) is 0 Å². The maximum absolute atomic E-state index is 13.7. The van der Waals surface area contributed by atoms with Gasteiger partial charge in [-0.15, -0.1) is 0 Å². The zero-order valence-electron chi connectivity index (χ0n) is 8.63. The van der Waals surface area contributed by atoms with Gasteiger partial charge in [-0.05, 0) is 30.0 Å². The number of fused-ring (bicyclic) bond motifs is 2. The Kier molecular flexibility index (Phi) is 2.33. The van der Waals surface area contributed by atoms with Crippen LogP contribution in [0.3, 0.4) is 0 Å². The van der Waals surface area contributed by atoms with Gasteiger partial charge in [0, 0.05) is 6.42 Å². The molecule has 0 amide bonds. The second-order valence-corrected chi connectivity index (χ2v) is 3.82. The Morgan fingerprint density at radius 2 is 1.87 bits per heavy atom. The maximum Gasteiger partial charge on any atom is 0.169 e. The van der Waals surface area contributed by atoms with Gasteiger partial charge in [-0.3, -0.25) is 0 Å². The third kappa shape index (κ3) is 1.37. The summed E-state index contributed by atoms with van der Waals surface area (Å²) in [5.41, 5.74) is 1.17. The van der Waals surface area contributed by atoms with Gasteiger partial charge in [0.2, 0.25) is 0 Å². The highest BCUT2D eigenvalue weighted by atomic mass is 19.2. The molecule has 1 aromatic carbocycles. The van der Waals surface area contributed by atoms with E-state index >= 15 is 0 Å². The van der Waals surface area contributed by atoms with Gasteiger partial charge < -0.3 is 0 Å². The van der Waals surface area contributed by atoms with Gasteiger partial charge in [0.1, 0.15) is 5.83 Å². The summed E-state index contributed by atoms with van der Waals surface area (Å²) in [6.45, 7) is 3.37. The monoisotopic (exact) mass is 212 g/mol. The number of hydrogen-bond donors (Lipinski definition) is 0. The molecule has 0 fully saturated rings. The van der Waals surface area contributed by atoms with Crippen molar-refractivity contribution in [3.8, 4) is 0 Å². The smallest absolute Gasteiger partial charge is 0.169 e. The van der Waals surface area contributed by atoms with E-state index in [2.05, 4.69) is 0 Å². The summed E-state index contributed by atoms with van der Waals surface area (Å²) in [5.74, 6) is -2.56. The van der Waals surface area contributed by atoms with Gasteiger partial charge in [0.25, 0.3) is 0 Å². The van der Waals surface area contributed by atoms with Crippen LogP contribution in [0.1, 0.15) is 37.0 Å². The number of allylic oxidation sites excluding steroid dienone is 1. The van der Waals surface area contributed by atoms with Crippen LogP contribution >= 0.6 is 0 Å². The fraction of sp³-hybridized carbons (Fsp3) is 0.333. The van der Waals surface area contributed by atoms with Crippen LogP contribution in [0.5, 0.6) is 0 Å². The second-order valence-electron chi connectivity index (χ2n) is 3.82. The molecule has 1 aromatic rings. The molecular weight excluding hydrogens is 201 g/mol. The van der Waals surface area contributed by atoms with E-state index in [1.54, 1.807) is 13.8 Å². The first-order valence-electron chi connectivity index (χ1n) is 4.91. The molecule has 2 aliphatic carbocycles. The van der Waals surface area contributed by atoms with Crippen molar-refractivity contribution in [2.24, 2.45) is 0 Å².